The van der Waals surface area contributed by atoms with Gasteiger partial charge in [0.05, 0.1) is 0 Å². The first kappa shape index (κ1) is 15.8. The van der Waals surface area contributed by atoms with Crippen LogP contribution in [0.5, 0.6) is 0 Å². The molecule has 1 N–H and O–H groups in total. The standard InChI is InChI=1S/C20H27N/c1-5-16-10-11-18(6-2)20(12-16)19-13-17(14-21-7-3)9-8-15(19)4/h8-13,21H,5-7,14H2,1-4H3. The Kier molecular flexibility index (Phi) is 5.58. The third-order valence-electron chi connectivity index (χ3n) is 4.13. The Balaban J connectivity index is 2.49. The molecule has 21 heavy (non-hydrogen) atoms. The molecule has 1 heteroatoms. The molecule has 2 aromatic carbocycles. The third kappa shape index (κ3) is 3.74. The average molecular weight is 281 g/mol. The molecule has 0 fully saturated rings. The summed E-state index contributed by atoms with van der Waals surface area (Å²) in [5.41, 5.74) is 8.37. The monoisotopic (exact) mass is 281 g/mol. The largest absolute Gasteiger partial charge is 0.313 e. The summed E-state index contributed by atoms with van der Waals surface area (Å²) in [5, 5.41) is 3.41. The Labute approximate surface area is 129 Å². The zero-order chi connectivity index (χ0) is 15.2. The van der Waals surface area contributed by atoms with E-state index in [1.807, 2.05) is 0 Å². The molecule has 1 nitrogen and oxygen atoms in total. The number of aryl methyl sites for hydroxylation is 3. The highest BCUT2D eigenvalue weighted by atomic mass is 14.8. The molecule has 0 atom stereocenters. The first-order valence-electron chi connectivity index (χ1n) is 8.12. The fourth-order valence-corrected chi connectivity index (χ4v) is 2.74. The van der Waals surface area contributed by atoms with E-state index in [2.05, 4.69) is 69.4 Å². The van der Waals surface area contributed by atoms with Gasteiger partial charge in [0, 0.05) is 6.54 Å². The molecule has 2 rings (SSSR count). The maximum absolute atomic E-state index is 3.41. The minimum absolute atomic E-state index is 0.943. The number of nitrogens with one attached hydrogen (secondary N) is 1. The summed E-state index contributed by atoms with van der Waals surface area (Å²) in [5.74, 6) is 0. The van der Waals surface area contributed by atoms with Crippen molar-refractivity contribution < 1.29 is 0 Å². The van der Waals surface area contributed by atoms with Crippen LogP contribution in [0, 0.1) is 6.92 Å². The van der Waals surface area contributed by atoms with Crippen LogP contribution in [0.15, 0.2) is 36.4 Å². The lowest BCUT2D eigenvalue weighted by Gasteiger charge is -2.14. The van der Waals surface area contributed by atoms with Crippen LogP contribution in [0.4, 0.5) is 0 Å². The minimum atomic E-state index is 0.943. The Morgan fingerprint density at radius 2 is 1.52 bits per heavy atom. The van der Waals surface area contributed by atoms with Crippen LogP contribution < -0.4 is 5.32 Å². The fourth-order valence-electron chi connectivity index (χ4n) is 2.74. The molecule has 0 amide bonds. The van der Waals surface area contributed by atoms with Crippen LogP contribution in [0.25, 0.3) is 11.1 Å². The molecule has 0 radical (unpaired) electrons. The van der Waals surface area contributed by atoms with Crippen molar-refractivity contribution in [2.45, 2.75) is 47.1 Å². The lowest BCUT2D eigenvalue weighted by atomic mass is 9.91. The van der Waals surface area contributed by atoms with E-state index in [1.165, 1.54) is 33.4 Å². The van der Waals surface area contributed by atoms with Crippen molar-refractivity contribution in [1.29, 1.82) is 0 Å². The summed E-state index contributed by atoms with van der Waals surface area (Å²) < 4.78 is 0. The van der Waals surface area contributed by atoms with Crippen molar-refractivity contribution in [1.82, 2.24) is 5.32 Å². The van der Waals surface area contributed by atoms with E-state index in [1.54, 1.807) is 0 Å². The van der Waals surface area contributed by atoms with Gasteiger partial charge in [0.1, 0.15) is 0 Å². The topological polar surface area (TPSA) is 12.0 Å². The highest BCUT2D eigenvalue weighted by molar-refractivity contribution is 5.72. The van der Waals surface area contributed by atoms with Gasteiger partial charge >= 0.3 is 0 Å². The smallest absolute Gasteiger partial charge is 0.0205 e. The normalized spacial score (nSPS) is 10.9. The van der Waals surface area contributed by atoms with Crippen molar-refractivity contribution in [3.05, 3.63) is 58.7 Å². The molecule has 0 saturated heterocycles. The molecule has 0 spiro atoms. The molecule has 0 heterocycles. The summed E-state index contributed by atoms with van der Waals surface area (Å²) in [6.45, 7) is 10.8. The van der Waals surface area contributed by atoms with Gasteiger partial charge in [-0.25, -0.2) is 0 Å². The van der Waals surface area contributed by atoms with Crippen molar-refractivity contribution in [3.63, 3.8) is 0 Å². The van der Waals surface area contributed by atoms with Crippen molar-refractivity contribution >= 4 is 0 Å². The lowest BCUT2D eigenvalue weighted by Crippen LogP contribution is -2.11. The second kappa shape index (κ2) is 7.42. The van der Waals surface area contributed by atoms with Gasteiger partial charge in [-0.15, -0.1) is 0 Å². The molecule has 0 saturated carbocycles. The minimum Gasteiger partial charge on any atom is -0.313 e. The molecule has 0 bridgehead atoms. The quantitative estimate of drug-likeness (QED) is 0.794. The van der Waals surface area contributed by atoms with E-state index in [9.17, 15) is 0 Å². The zero-order valence-corrected chi connectivity index (χ0v) is 13.8. The number of hydrogen-bond acceptors (Lipinski definition) is 1. The second-order valence-corrected chi connectivity index (χ2v) is 5.63. The molecule has 0 aliphatic rings. The van der Waals surface area contributed by atoms with Gasteiger partial charge in [0.25, 0.3) is 0 Å². The van der Waals surface area contributed by atoms with Crippen molar-refractivity contribution in [2.24, 2.45) is 0 Å². The van der Waals surface area contributed by atoms with Gasteiger partial charge in [0.15, 0.2) is 0 Å². The van der Waals surface area contributed by atoms with Gasteiger partial charge in [-0.2, -0.15) is 0 Å². The summed E-state index contributed by atoms with van der Waals surface area (Å²) in [7, 11) is 0. The molecule has 112 valence electrons. The molecule has 2 aromatic rings. The lowest BCUT2D eigenvalue weighted by molar-refractivity contribution is 0.727. The molecule has 0 aromatic heterocycles. The van der Waals surface area contributed by atoms with E-state index < -0.39 is 0 Å². The first-order valence-corrected chi connectivity index (χ1v) is 8.12. The highest BCUT2D eigenvalue weighted by Gasteiger charge is 2.09. The predicted octanol–water partition coefficient (Wildman–Crippen LogP) is 4.90. The number of benzene rings is 2. The maximum atomic E-state index is 3.41. The van der Waals surface area contributed by atoms with Gasteiger partial charge < -0.3 is 5.32 Å². The van der Waals surface area contributed by atoms with Crippen LogP contribution in [0.3, 0.4) is 0 Å². The Hall–Kier alpha value is -1.60. The Bertz CT molecular complexity index is 599. The van der Waals surface area contributed by atoms with E-state index in [0.29, 0.717) is 0 Å². The second-order valence-electron chi connectivity index (χ2n) is 5.63. The van der Waals surface area contributed by atoms with Crippen LogP contribution in [-0.4, -0.2) is 6.54 Å². The summed E-state index contributed by atoms with van der Waals surface area (Å²) >= 11 is 0. The molecule has 0 aliphatic carbocycles. The third-order valence-corrected chi connectivity index (χ3v) is 4.13. The molecule has 0 unspecified atom stereocenters. The van der Waals surface area contributed by atoms with E-state index in [0.717, 1.165) is 25.9 Å². The predicted molar refractivity (Wildman–Crippen MR) is 92.8 cm³/mol. The molecule has 0 aliphatic heterocycles. The molecular weight excluding hydrogens is 254 g/mol. The van der Waals surface area contributed by atoms with Crippen LogP contribution in [0.1, 0.15) is 43.0 Å². The molecular formula is C20H27N. The summed E-state index contributed by atoms with van der Waals surface area (Å²) in [6, 6.07) is 13.8. The number of hydrogen-bond donors (Lipinski definition) is 1. The van der Waals surface area contributed by atoms with Gasteiger partial charge in [-0.05, 0) is 65.8 Å². The Morgan fingerprint density at radius 3 is 2.19 bits per heavy atom. The van der Waals surface area contributed by atoms with Gasteiger partial charge in [-0.3, -0.25) is 0 Å². The van der Waals surface area contributed by atoms with Gasteiger partial charge in [0.2, 0.25) is 0 Å². The first-order chi connectivity index (χ1) is 10.2. The SMILES string of the molecule is CCNCc1ccc(C)c(-c2cc(CC)ccc2CC)c1. The van der Waals surface area contributed by atoms with E-state index in [4.69, 9.17) is 0 Å². The maximum Gasteiger partial charge on any atom is 0.0205 e. The van der Waals surface area contributed by atoms with Crippen LogP contribution in [-0.2, 0) is 19.4 Å². The number of rotatable bonds is 6. The Morgan fingerprint density at radius 1 is 0.810 bits per heavy atom. The zero-order valence-electron chi connectivity index (χ0n) is 13.8. The van der Waals surface area contributed by atoms with Crippen molar-refractivity contribution in [2.75, 3.05) is 6.54 Å². The fraction of sp³-hybridized carbons (Fsp3) is 0.400. The van der Waals surface area contributed by atoms with E-state index in [-0.39, 0.29) is 0 Å². The van der Waals surface area contributed by atoms with Crippen molar-refractivity contribution in [3.8, 4) is 11.1 Å². The van der Waals surface area contributed by atoms with Gasteiger partial charge in [-0.1, -0.05) is 51.1 Å². The average Bonchev–Trinajstić information content (AvgIpc) is 2.53. The highest BCUT2D eigenvalue weighted by Crippen LogP contribution is 2.29. The van der Waals surface area contributed by atoms with Crippen LogP contribution in [0.2, 0.25) is 0 Å². The van der Waals surface area contributed by atoms with E-state index >= 15 is 0 Å². The summed E-state index contributed by atoms with van der Waals surface area (Å²) in [4.78, 5) is 0. The van der Waals surface area contributed by atoms with Crippen LogP contribution >= 0.6 is 0 Å². The summed E-state index contributed by atoms with van der Waals surface area (Å²) in [6.07, 6.45) is 2.17.